The van der Waals surface area contributed by atoms with E-state index in [1.54, 1.807) is 29.6 Å². The second-order valence-corrected chi connectivity index (χ2v) is 6.91. The molecule has 0 spiro atoms. The molecule has 1 amide bonds. The number of rotatable bonds is 8. The number of benzene rings is 2. The van der Waals surface area contributed by atoms with Crippen LogP contribution in [0.15, 0.2) is 60.0 Å². The number of hydrogen-bond acceptors (Lipinski definition) is 6. The predicted molar refractivity (Wildman–Crippen MR) is 111 cm³/mol. The minimum absolute atomic E-state index is 0.310. The second kappa shape index (κ2) is 9.66. The summed E-state index contributed by atoms with van der Waals surface area (Å²) in [5.74, 6) is -0.668. The summed E-state index contributed by atoms with van der Waals surface area (Å²) in [6.07, 6.45) is 1.81. The molecule has 1 heterocycles. The van der Waals surface area contributed by atoms with Gasteiger partial charge in [0.2, 0.25) is 0 Å². The molecule has 2 N–H and O–H groups in total. The molecule has 28 heavy (non-hydrogen) atoms. The van der Waals surface area contributed by atoms with Crippen molar-refractivity contribution < 1.29 is 14.3 Å². The SMILES string of the molecule is CCCCOC(=O)c1ccc(NC(=O)c2csc(Nc3ccccc3)n2)cc1. The molecule has 2 aromatic carbocycles. The molecule has 6 nitrogen and oxygen atoms in total. The first-order valence-corrected chi connectivity index (χ1v) is 9.90. The highest BCUT2D eigenvalue weighted by Crippen LogP contribution is 2.21. The van der Waals surface area contributed by atoms with Crippen molar-refractivity contribution in [3.63, 3.8) is 0 Å². The Morgan fingerprint density at radius 2 is 1.79 bits per heavy atom. The van der Waals surface area contributed by atoms with Gasteiger partial charge >= 0.3 is 5.97 Å². The van der Waals surface area contributed by atoms with Crippen LogP contribution >= 0.6 is 11.3 Å². The molecular formula is C21H21N3O3S. The van der Waals surface area contributed by atoms with Crippen LogP contribution in [0.4, 0.5) is 16.5 Å². The third-order valence-electron chi connectivity index (χ3n) is 3.87. The molecule has 0 aliphatic heterocycles. The number of carbonyl (C=O) groups excluding carboxylic acids is 2. The number of esters is 1. The van der Waals surface area contributed by atoms with Crippen LogP contribution < -0.4 is 10.6 Å². The molecule has 0 saturated heterocycles. The summed E-state index contributed by atoms with van der Waals surface area (Å²) in [5.41, 5.74) is 2.27. The van der Waals surface area contributed by atoms with Crippen molar-refractivity contribution in [2.75, 3.05) is 17.2 Å². The van der Waals surface area contributed by atoms with Crippen LogP contribution in [0.25, 0.3) is 0 Å². The van der Waals surface area contributed by atoms with Gasteiger partial charge in [0.05, 0.1) is 12.2 Å². The first-order valence-electron chi connectivity index (χ1n) is 9.02. The third-order valence-corrected chi connectivity index (χ3v) is 4.63. The standard InChI is InChI=1S/C21H21N3O3S/c1-2-3-13-27-20(26)15-9-11-17(12-10-15)22-19(25)18-14-28-21(24-18)23-16-7-5-4-6-8-16/h4-12,14H,2-3,13H2,1H3,(H,22,25)(H,23,24). The van der Waals surface area contributed by atoms with Crippen molar-refractivity contribution in [3.05, 3.63) is 71.2 Å². The van der Waals surface area contributed by atoms with Crippen molar-refractivity contribution in [2.24, 2.45) is 0 Å². The Balaban J connectivity index is 1.56. The van der Waals surface area contributed by atoms with Crippen LogP contribution in [0.5, 0.6) is 0 Å². The van der Waals surface area contributed by atoms with Crippen LogP contribution in [-0.2, 0) is 4.74 Å². The molecule has 0 bridgehead atoms. The van der Waals surface area contributed by atoms with Gasteiger partial charge in [0.15, 0.2) is 5.13 Å². The summed E-state index contributed by atoms with van der Waals surface area (Å²) in [6, 6.07) is 16.2. The number of hydrogen-bond donors (Lipinski definition) is 2. The minimum atomic E-state index is -0.359. The van der Waals surface area contributed by atoms with Crippen molar-refractivity contribution in [3.8, 4) is 0 Å². The van der Waals surface area contributed by atoms with Crippen LogP contribution in [-0.4, -0.2) is 23.5 Å². The molecular weight excluding hydrogens is 374 g/mol. The molecule has 3 aromatic rings. The fourth-order valence-electron chi connectivity index (χ4n) is 2.36. The van der Waals surface area contributed by atoms with Gasteiger partial charge in [-0.25, -0.2) is 9.78 Å². The zero-order valence-electron chi connectivity index (χ0n) is 15.5. The van der Waals surface area contributed by atoms with Gasteiger partial charge in [-0.2, -0.15) is 0 Å². The Kier molecular flexibility index (Phi) is 6.75. The lowest BCUT2D eigenvalue weighted by Crippen LogP contribution is -2.12. The van der Waals surface area contributed by atoms with Crippen LogP contribution in [0.2, 0.25) is 0 Å². The first kappa shape index (κ1) is 19.6. The fourth-order valence-corrected chi connectivity index (χ4v) is 3.07. The Morgan fingerprint density at radius 3 is 2.50 bits per heavy atom. The lowest BCUT2D eigenvalue weighted by Gasteiger charge is -2.06. The monoisotopic (exact) mass is 395 g/mol. The Hall–Kier alpha value is -3.19. The van der Waals surface area contributed by atoms with Gasteiger partial charge in [-0.3, -0.25) is 4.79 Å². The zero-order chi connectivity index (χ0) is 19.8. The number of unbranched alkanes of at least 4 members (excludes halogenated alkanes) is 1. The molecule has 7 heteroatoms. The van der Waals surface area contributed by atoms with Gasteiger partial charge in [0.1, 0.15) is 5.69 Å². The molecule has 3 rings (SSSR count). The van der Waals surface area contributed by atoms with Gasteiger partial charge in [0, 0.05) is 16.8 Å². The normalized spacial score (nSPS) is 10.3. The molecule has 144 valence electrons. The molecule has 0 saturated carbocycles. The van der Waals surface area contributed by atoms with Gasteiger partial charge < -0.3 is 15.4 Å². The molecule has 0 radical (unpaired) electrons. The highest BCUT2D eigenvalue weighted by Gasteiger charge is 2.12. The molecule has 0 atom stereocenters. The van der Waals surface area contributed by atoms with E-state index in [2.05, 4.69) is 15.6 Å². The summed E-state index contributed by atoms with van der Waals surface area (Å²) in [4.78, 5) is 28.6. The number of nitrogens with one attached hydrogen (secondary N) is 2. The van der Waals surface area contributed by atoms with E-state index in [1.165, 1.54) is 11.3 Å². The minimum Gasteiger partial charge on any atom is -0.462 e. The smallest absolute Gasteiger partial charge is 0.338 e. The number of para-hydroxylation sites is 1. The Labute approximate surface area is 167 Å². The van der Waals surface area contributed by atoms with Gasteiger partial charge in [-0.05, 0) is 42.8 Å². The van der Waals surface area contributed by atoms with E-state index in [0.717, 1.165) is 18.5 Å². The lowest BCUT2D eigenvalue weighted by molar-refractivity contribution is 0.0499. The summed E-state index contributed by atoms with van der Waals surface area (Å²) >= 11 is 1.35. The third kappa shape index (κ3) is 5.40. The fraction of sp³-hybridized carbons (Fsp3) is 0.190. The van der Waals surface area contributed by atoms with Crippen molar-refractivity contribution in [2.45, 2.75) is 19.8 Å². The van der Waals surface area contributed by atoms with Crippen molar-refractivity contribution >= 4 is 39.7 Å². The van der Waals surface area contributed by atoms with E-state index in [-0.39, 0.29) is 11.9 Å². The number of carbonyl (C=O) groups is 2. The van der Waals surface area contributed by atoms with Gasteiger partial charge in [0.25, 0.3) is 5.91 Å². The highest BCUT2D eigenvalue weighted by molar-refractivity contribution is 7.14. The van der Waals surface area contributed by atoms with E-state index in [4.69, 9.17) is 4.74 Å². The number of nitrogens with zero attached hydrogens (tertiary/aromatic N) is 1. The van der Waals surface area contributed by atoms with E-state index < -0.39 is 0 Å². The average molecular weight is 395 g/mol. The zero-order valence-corrected chi connectivity index (χ0v) is 16.3. The summed E-state index contributed by atoms with van der Waals surface area (Å²) in [5, 5.41) is 8.27. The van der Waals surface area contributed by atoms with Gasteiger partial charge in [-0.15, -0.1) is 11.3 Å². The van der Waals surface area contributed by atoms with Crippen molar-refractivity contribution in [1.29, 1.82) is 0 Å². The lowest BCUT2D eigenvalue weighted by atomic mass is 10.2. The number of ether oxygens (including phenoxy) is 1. The Bertz CT molecular complexity index is 924. The highest BCUT2D eigenvalue weighted by atomic mass is 32.1. The number of amides is 1. The number of aromatic nitrogens is 1. The quantitative estimate of drug-likeness (QED) is 0.410. The molecule has 1 aromatic heterocycles. The average Bonchev–Trinajstić information content (AvgIpc) is 3.18. The summed E-state index contributed by atoms with van der Waals surface area (Å²) < 4.78 is 5.17. The van der Waals surface area contributed by atoms with Crippen molar-refractivity contribution in [1.82, 2.24) is 4.98 Å². The first-order chi connectivity index (χ1) is 13.7. The summed E-state index contributed by atoms with van der Waals surface area (Å²) in [6.45, 7) is 2.45. The second-order valence-electron chi connectivity index (χ2n) is 6.05. The molecule has 0 aliphatic rings. The largest absolute Gasteiger partial charge is 0.462 e. The van der Waals surface area contributed by atoms with E-state index >= 15 is 0 Å². The number of thiazole rings is 1. The molecule has 0 unspecified atom stereocenters. The Morgan fingerprint density at radius 1 is 1.04 bits per heavy atom. The maximum absolute atomic E-state index is 12.4. The van der Waals surface area contributed by atoms with E-state index in [9.17, 15) is 9.59 Å². The van der Waals surface area contributed by atoms with Crippen LogP contribution in [0, 0.1) is 0 Å². The van der Waals surface area contributed by atoms with Gasteiger partial charge in [-0.1, -0.05) is 31.5 Å². The maximum atomic E-state index is 12.4. The summed E-state index contributed by atoms with van der Waals surface area (Å²) in [7, 11) is 0. The van der Waals surface area contributed by atoms with E-state index in [0.29, 0.717) is 28.7 Å². The maximum Gasteiger partial charge on any atom is 0.338 e. The van der Waals surface area contributed by atoms with Crippen LogP contribution in [0.3, 0.4) is 0 Å². The molecule has 0 aliphatic carbocycles. The topological polar surface area (TPSA) is 80.3 Å². The van der Waals surface area contributed by atoms with Crippen LogP contribution in [0.1, 0.15) is 40.6 Å². The van der Waals surface area contributed by atoms with E-state index in [1.807, 2.05) is 37.3 Å². The number of anilines is 3. The molecule has 0 fully saturated rings. The predicted octanol–water partition coefficient (Wildman–Crippen LogP) is 5.10.